The van der Waals surface area contributed by atoms with Crippen LogP contribution in [0, 0.1) is 6.92 Å². The van der Waals surface area contributed by atoms with Crippen LogP contribution in [0.15, 0.2) is 84.9 Å². The second-order valence-electron chi connectivity index (χ2n) is 11.0. The highest BCUT2D eigenvalue weighted by molar-refractivity contribution is 5.63. The van der Waals surface area contributed by atoms with Gasteiger partial charge in [0, 0.05) is 44.0 Å². The number of rotatable bonds is 6. The fourth-order valence-electron chi connectivity index (χ4n) is 5.40. The first-order valence-corrected chi connectivity index (χ1v) is 13.1. The third kappa shape index (κ3) is 5.30. The lowest BCUT2D eigenvalue weighted by molar-refractivity contribution is 0.104. The Hall–Kier alpha value is -3.21. The summed E-state index contributed by atoms with van der Waals surface area (Å²) in [6.07, 6.45) is 0. The monoisotopic (exact) mass is 478 g/mol. The van der Waals surface area contributed by atoms with Crippen molar-refractivity contribution in [2.45, 2.75) is 45.7 Å². The maximum absolute atomic E-state index is 5.09. The zero-order chi connectivity index (χ0) is 25.1. The number of piperazine rings is 1. The molecule has 5 rings (SSSR count). The topological polar surface area (TPSA) is 35.2 Å². The molecule has 0 bridgehead atoms. The van der Waals surface area contributed by atoms with Gasteiger partial charge in [0.1, 0.15) is 5.82 Å². The molecule has 4 heteroatoms. The Kier molecular flexibility index (Phi) is 7.08. The highest BCUT2D eigenvalue weighted by Crippen LogP contribution is 2.33. The van der Waals surface area contributed by atoms with E-state index in [-0.39, 0.29) is 5.41 Å². The molecule has 186 valence electrons. The van der Waals surface area contributed by atoms with E-state index in [1.54, 1.807) is 0 Å². The molecule has 0 spiro atoms. The number of imidazole rings is 1. The fraction of sp³-hybridized carbons (Fsp3) is 0.344. The molecule has 0 unspecified atom stereocenters. The number of benzene rings is 3. The summed E-state index contributed by atoms with van der Waals surface area (Å²) >= 11 is 0. The summed E-state index contributed by atoms with van der Waals surface area (Å²) in [6.45, 7) is 14.0. The fourth-order valence-corrected chi connectivity index (χ4v) is 5.40. The smallest absolute Gasteiger partial charge is 0.138 e. The standard InChI is InChI=1S/C32H38N4/c1-24-29(34-31(33-24)27-17-11-12-18-28(27)32(2,3)4)23-35-19-21-36(22-20-35)30(25-13-7-5-8-14-25)26-15-9-6-10-16-26/h5-18,30H,19-23H2,1-4H3,(H,33,34). The number of hydrogen-bond donors (Lipinski definition) is 1. The van der Waals surface area contributed by atoms with Crippen molar-refractivity contribution in [3.63, 3.8) is 0 Å². The summed E-state index contributed by atoms with van der Waals surface area (Å²) in [7, 11) is 0. The van der Waals surface area contributed by atoms with E-state index >= 15 is 0 Å². The lowest BCUT2D eigenvalue weighted by Crippen LogP contribution is -2.47. The van der Waals surface area contributed by atoms with Gasteiger partial charge in [-0.3, -0.25) is 9.80 Å². The molecule has 1 saturated heterocycles. The summed E-state index contributed by atoms with van der Waals surface area (Å²) in [6, 6.07) is 30.8. The van der Waals surface area contributed by atoms with Crippen molar-refractivity contribution in [1.29, 1.82) is 0 Å². The number of H-pyrrole nitrogens is 1. The summed E-state index contributed by atoms with van der Waals surface area (Å²) in [5, 5.41) is 0. The molecule has 3 aromatic carbocycles. The first-order chi connectivity index (χ1) is 17.4. The Bertz CT molecular complexity index is 1220. The number of aryl methyl sites for hydroxylation is 1. The minimum absolute atomic E-state index is 0.0713. The quantitative estimate of drug-likeness (QED) is 0.339. The van der Waals surface area contributed by atoms with Crippen molar-refractivity contribution >= 4 is 0 Å². The van der Waals surface area contributed by atoms with Crippen molar-refractivity contribution in [2.24, 2.45) is 0 Å². The summed E-state index contributed by atoms with van der Waals surface area (Å²) in [5.41, 5.74) is 7.66. The zero-order valence-electron chi connectivity index (χ0n) is 22.0. The summed E-state index contributed by atoms with van der Waals surface area (Å²) in [5.74, 6) is 0.986. The van der Waals surface area contributed by atoms with Gasteiger partial charge in [0.15, 0.2) is 0 Å². The molecule has 0 radical (unpaired) electrons. The largest absolute Gasteiger partial charge is 0.342 e. The van der Waals surface area contributed by atoms with E-state index in [4.69, 9.17) is 4.98 Å². The van der Waals surface area contributed by atoms with Gasteiger partial charge in [0.25, 0.3) is 0 Å². The SMILES string of the molecule is Cc1[nH]c(-c2ccccc2C(C)(C)C)nc1CN1CCN(C(c2ccccc2)c2ccccc2)CC1. The van der Waals surface area contributed by atoms with Crippen LogP contribution in [0.3, 0.4) is 0 Å². The number of hydrogen-bond acceptors (Lipinski definition) is 3. The van der Waals surface area contributed by atoms with Crippen LogP contribution in [0.2, 0.25) is 0 Å². The first-order valence-electron chi connectivity index (χ1n) is 13.1. The van der Waals surface area contributed by atoms with Crippen LogP contribution in [0.5, 0.6) is 0 Å². The molecule has 4 aromatic rings. The number of aromatic nitrogens is 2. The van der Waals surface area contributed by atoms with Crippen LogP contribution in [-0.2, 0) is 12.0 Å². The Labute approximate surface area is 216 Å². The molecular formula is C32H38N4. The van der Waals surface area contributed by atoms with Gasteiger partial charge in [-0.05, 0) is 29.0 Å². The van der Waals surface area contributed by atoms with Gasteiger partial charge >= 0.3 is 0 Å². The van der Waals surface area contributed by atoms with Crippen LogP contribution < -0.4 is 0 Å². The van der Waals surface area contributed by atoms with Gasteiger partial charge in [-0.15, -0.1) is 0 Å². The van der Waals surface area contributed by atoms with Gasteiger partial charge in [-0.25, -0.2) is 4.98 Å². The van der Waals surface area contributed by atoms with Gasteiger partial charge in [0.05, 0.1) is 11.7 Å². The molecule has 0 saturated carbocycles. The van der Waals surface area contributed by atoms with Gasteiger partial charge < -0.3 is 4.98 Å². The van der Waals surface area contributed by atoms with E-state index in [0.29, 0.717) is 6.04 Å². The Morgan fingerprint density at radius 1 is 0.778 bits per heavy atom. The molecule has 1 fully saturated rings. The number of aromatic amines is 1. The van der Waals surface area contributed by atoms with E-state index in [9.17, 15) is 0 Å². The van der Waals surface area contributed by atoms with Crippen molar-refractivity contribution in [3.05, 3.63) is 113 Å². The molecule has 4 nitrogen and oxygen atoms in total. The van der Waals surface area contributed by atoms with Crippen LogP contribution in [-0.4, -0.2) is 45.9 Å². The van der Waals surface area contributed by atoms with Gasteiger partial charge in [-0.1, -0.05) is 106 Å². The second kappa shape index (κ2) is 10.4. The minimum atomic E-state index is 0.0713. The Morgan fingerprint density at radius 3 is 1.92 bits per heavy atom. The molecule has 1 aliphatic heterocycles. The number of nitrogens with zero attached hydrogens (tertiary/aromatic N) is 3. The molecular weight excluding hydrogens is 440 g/mol. The molecule has 0 aliphatic carbocycles. The van der Waals surface area contributed by atoms with Crippen LogP contribution in [0.4, 0.5) is 0 Å². The zero-order valence-corrected chi connectivity index (χ0v) is 22.0. The molecule has 1 aromatic heterocycles. The lowest BCUT2D eigenvalue weighted by Gasteiger charge is -2.39. The Balaban J connectivity index is 1.30. The third-order valence-electron chi connectivity index (χ3n) is 7.35. The van der Waals surface area contributed by atoms with Gasteiger partial charge in [-0.2, -0.15) is 0 Å². The molecule has 1 aliphatic rings. The van der Waals surface area contributed by atoms with Crippen molar-refractivity contribution < 1.29 is 0 Å². The predicted molar refractivity (Wildman–Crippen MR) is 149 cm³/mol. The first kappa shape index (κ1) is 24.5. The predicted octanol–water partition coefficient (Wildman–Crippen LogP) is 6.59. The van der Waals surface area contributed by atoms with E-state index in [1.807, 2.05) is 0 Å². The second-order valence-corrected chi connectivity index (χ2v) is 11.0. The molecule has 36 heavy (non-hydrogen) atoms. The Morgan fingerprint density at radius 2 is 1.33 bits per heavy atom. The molecule has 0 amide bonds. The van der Waals surface area contributed by atoms with Crippen LogP contribution in [0.25, 0.3) is 11.4 Å². The maximum Gasteiger partial charge on any atom is 0.138 e. The highest BCUT2D eigenvalue weighted by Gasteiger charge is 2.27. The van der Waals surface area contributed by atoms with Gasteiger partial charge in [0.2, 0.25) is 0 Å². The maximum atomic E-state index is 5.09. The third-order valence-corrected chi connectivity index (χ3v) is 7.35. The van der Waals surface area contributed by atoms with E-state index < -0.39 is 0 Å². The lowest BCUT2D eigenvalue weighted by atomic mass is 9.83. The average Bonchev–Trinajstić information content (AvgIpc) is 3.26. The number of nitrogens with one attached hydrogen (secondary N) is 1. The average molecular weight is 479 g/mol. The van der Waals surface area contributed by atoms with Crippen molar-refractivity contribution in [2.75, 3.05) is 26.2 Å². The summed E-state index contributed by atoms with van der Waals surface area (Å²) < 4.78 is 0. The van der Waals surface area contributed by atoms with E-state index in [2.05, 4.69) is 127 Å². The van der Waals surface area contributed by atoms with E-state index in [0.717, 1.165) is 44.2 Å². The minimum Gasteiger partial charge on any atom is -0.342 e. The highest BCUT2D eigenvalue weighted by atomic mass is 15.3. The van der Waals surface area contributed by atoms with Crippen LogP contribution >= 0.6 is 0 Å². The molecule has 0 atom stereocenters. The van der Waals surface area contributed by atoms with Crippen molar-refractivity contribution in [3.8, 4) is 11.4 Å². The van der Waals surface area contributed by atoms with Crippen molar-refractivity contribution in [1.82, 2.24) is 19.8 Å². The summed E-state index contributed by atoms with van der Waals surface area (Å²) in [4.78, 5) is 13.8. The normalized spacial score (nSPS) is 15.5. The van der Waals surface area contributed by atoms with Crippen LogP contribution in [0.1, 0.15) is 54.9 Å². The molecule has 1 N–H and O–H groups in total. The van der Waals surface area contributed by atoms with E-state index in [1.165, 1.54) is 27.9 Å². The molecule has 2 heterocycles.